The summed E-state index contributed by atoms with van der Waals surface area (Å²) in [6.45, 7) is 2.42. The zero-order chi connectivity index (χ0) is 20.6. The van der Waals surface area contributed by atoms with Gasteiger partial charge in [-0.25, -0.2) is 8.42 Å². The Kier molecular flexibility index (Phi) is 5.58. The molecule has 1 amide bonds. The number of anilines is 1. The number of fused-ring (bicyclic) bond motifs is 1. The second-order valence-corrected chi connectivity index (χ2v) is 10.3. The van der Waals surface area contributed by atoms with Crippen LogP contribution < -0.4 is 9.64 Å². The molecular weight excluding hydrogens is 410 g/mol. The number of hydrogen-bond donors (Lipinski definition) is 0. The van der Waals surface area contributed by atoms with Gasteiger partial charge < -0.3 is 9.64 Å². The van der Waals surface area contributed by atoms with Crippen molar-refractivity contribution >= 4 is 33.0 Å². The number of carbonyl (C=O) groups is 1. The Labute approximate surface area is 176 Å². The maximum absolute atomic E-state index is 13.2. The highest BCUT2D eigenvalue weighted by Gasteiger charge is 2.32. The van der Waals surface area contributed by atoms with Crippen molar-refractivity contribution in [3.63, 3.8) is 0 Å². The summed E-state index contributed by atoms with van der Waals surface area (Å²) in [6.07, 6.45) is 3.94. The zero-order valence-corrected chi connectivity index (χ0v) is 17.9. The Hall–Kier alpha value is -2.05. The molecule has 0 aromatic heterocycles. The molecule has 1 fully saturated rings. The lowest BCUT2D eigenvalue weighted by molar-refractivity contribution is 0.0954. The van der Waals surface area contributed by atoms with Crippen LogP contribution in [0.3, 0.4) is 0 Å². The zero-order valence-electron chi connectivity index (χ0n) is 16.3. The molecule has 154 valence electrons. The van der Waals surface area contributed by atoms with Crippen LogP contribution in [0.1, 0.15) is 49.4 Å². The first kappa shape index (κ1) is 20.2. The number of rotatable bonds is 4. The molecule has 0 spiro atoms. The van der Waals surface area contributed by atoms with E-state index < -0.39 is 9.84 Å². The van der Waals surface area contributed by atoms with Gasteiger partial charge in [0.25, 0.3) is 5.91 Å². The molecule has 2 aromatic rings. The van der Waals surface area contributed by atoms with Gasteiger partial charge in [0, 0.05) is 5.56 Å². The Bertz CT molecular complexity index is 1010. The van der Waals surface area contributed by atoms with Gasteiger partial charge in [0.2, 0.25) is 0 Å². The van der Waals surface area contributed by atoms with Crippen molar-refractivity contribution in [1.29, 1.82) is 0 Å². The summed E-state index contributed by atoms with van der Waals surface area (Å²) in [4.78, 5) is 15.2. The van der Waals surface area contributed by atoms with Gasteiger partial charge in [-0.3, -0.25) is 4.79 Å². The topological polar surface area (TPSA) is 63.7 Å². The van der Waals surface area contributed by atoms with Crippen molar-refractivity contribution in [1.82, 2.24) is 0 Å². The number of para-hydroxylation sites is 1. The molecule has 5 nitrogen and oxygen atoms in total. The number of halogens is 1. The molecule has 1 aliphatic carbocycles. The third-order valence-corrected chi connectivity index (χ3v) is 8.35. The third kappa shape index (κ3) is 3.76. The summed E-state index contributed by atoms with van der Waals surface area (Å²) in [5.74, 6) is 0.320. The summed E-state index contributed by atoms with van der Waals surface area (Å²) in [7, 11) is -3.34. The minimum absolute atomic E-state index is 0.145. The van der Waals surface area contributed by atoms with E-state index in [0.29, 0.717) is 41.4 Å². The Morgan fingerprint density at radius 3 is 2.48 bits per heavy atom. The van der Waals surface area contributed by atoms with E-state index in [1.165, 1.54) is 0 Å². The quantitative estimate of drug-likeness (QED) is 0.689. The van der Waals surface area contributed by atoms with Gasteiger partial charge in [0.1, 0.15) is 6.10 Å². The van der Waals surface area contributed by atoms with Gasteiger partial charge in [0.15, 0.2) is 15.6 Å². The van der Waals surface area contributed by atoms with Gasteiger partial charge in [-0.2, -0.15) is 0 Å². The fourth-order valence-corrected chi connectivity index (χ4v) is 6.14. The molecule has 0 unspecified atom stereocenters. The number of hydrogen-bond acceptors (Lipinski definition) is 4. The number of nitrogens with zero attached hydrogens (tertiary/aromatic N) is 1. The first-order valence-corrected chi connectivity index (χ1v) is 11.9. The Morgan fingerprint density at radius 2 is 1.83 bits per heavy atom. The van der Waals surface area contributed by atoms with Crippen LogP contribution >= 0.6 is 11.6 Å². The van der Waals surface area contributed by atoms with Crippen molar-refractivity contribution in [2.24, 2.45) is 0 Å². The van der Waals surface area contributed by atoms with E-state index in [1.807, 2.05) is 13.0 Å². The normalized spacial score (nSPS) is 19.7. The van der Waals surface area contributed by atoms with Gasteiger partial charge >= 0.3 is 0 Å². The SMILES string of the molecule is CC[C@H]1CN(C(=O)c2ccc(S(=O)(=O)C3CCCC3)cc2)c2cccc(Cl)c2O1. The molecule has 4 rings (SSSR count). The molecule has 0 radical (unpaired) electrons. The number of amides is 1. The van der Waals surface area contributed by atoms with Crippen LogP contribution in [-0.4, -0.2) is 32.2 Å². The van der Waals surface area contributed by atoms with E-state index in [2.05, 4.69) is 0 Å². The van der Waals surface area contributed by atoms with Gasteiger partial charge in [0.05, 0.1) is 27.4 Å². The molecule has 0 bridgehead atoms. The smallest absolute Gasteiger partial charge is 0.258 e. The largest absolute Gasteiger partial charge is 0.485 e. The molecule has 2 aliphatic rings. The number of sulfone groups is 1. The molecule has 1 aliphatic heterocycles. The Balaban J connectivity index is 1.62. The number of ether oxygens (including phenoxy) is 1. The molecular formula is C22H24ClNO4S. The van der Waals surface area contributed by atoms with E-state index in [9.17, 15) is 13.2 Å². The maximum Gasteiger partial charge on any atom is 0.258 e. The Morgan fingerprint density at radius 1 is 1.14 bits per heavy atom. The van der Waals surface area contributed by atoms with Crippen molar-refractivity contribution < 1.29 is 17.9 Å². The van der Waals surface area contributed by atoms with Crippen LogP contribution in [0, 0.1) is 0 Å². The van der Waals surface area contributed by atoms with E-state index in [1.54, 1.807) is 41.3 Å². The average molecular weight is 434 g/mol. The monoisotopic (exact) mass is 433 g/mol. The molecule has 2 aromatic carbocycles. The van der Waals surface area contributed by atoms with Crippen LogP contribution in [0.2, 0.25) is 5.02 Å². The molecule has 0 saturated heterocycles. The lowest BCUT2D eigenvalue weighted by atomic mass is 10.1. The van der Waals surface area contributed by atoms with Crippen molar-refractivity contribution in [2.75, 3.05) is 11.4 Å². The second kappa shape index (κ2) is 8.00. The van der Waals surface area contributed by atoms with Crippen LogP contribution in [0.25, 0.3) is 0 Å². The molecule has 0 N–H and O–H groups in total. The van der Waals surface area contributed by atoms with Gasteiger partial charge in [-0.05, 0) is 55.7 Å². The maximum atomic E-state index is 13.2. The lowest BCUT2D eigenvalue weighted by Crippen LogP contribution is -2.43. The van der Waals surface area contributed by atoms with E-state index in [0.717, 1.165) is 19.3 Å². The van der Waals surface area contributed by atoms with Gasteiger partial charge in [-0.1, -0.05) is 37.4 Å². The van der Waals surface area contributed by atoms with Crippen molar-refractivity contribution in [3.05, 3.63) is 53.1 Å². The summed E-state index contributed by atoms with van der Waals surface area (Å²) in [5.41, 5.74) is 1.08. The van der Waals surface area contributed by atoms with Crippen LogP contribution in [0.5, 0.6) is 5.75 Å². The standard InChI is InChI=1S/C22H24ClNO4S/c1-2-16-14-24(20-9-5-8-19(23)21(20)28-16)22(25)15-10-12-18(13-11-15)29(26,27)17-6-3-4-7-17/h5,8-13,16-17H,2-4,6-7,14H2,1H3/t16-/m0/s1. The molecule has 1 heterocycles. The lowest BCUT2D eigenvalue weighted by Gasteiger charge is -2.35. The fourth-order valence-electron chi connectivity index (χ4n) is 4.07. The van der Waals surface area contributed by atoms with Crippen molar-refractivity contribution in [3.8, 4) is 5.75 Å². The van der Waals surface area contributed by atoms with Crippen LogP contribution in [-0.2, 0) is 9.84 Å². The number of carbonyl (C=O) groups excluding carboxylic acids is 1. The first-order valence-electron chi connectivity index (χ1n) is 10.0. The molecule has 29 heavy (non-hydrogen) atoms. The third-order valence-electron chi connectivity index (χ3n) is 5.78. The predicted octanol–water partition coefficient (Wildman–Crippen LogP) is 4.87. The first-order chi connectivity index (χ1) is 13.9. The average Bonchev–Trinajstić information content (AvgIpc) is 3.29. The highest BCUT2D eigenvalue weighted by atomic mass is 35.5. The molecule has 1 saturated carbocycles. The predicted molar refractivity (Wildman–Crippen MR) is 114 cm³/mol. The second-order valence-electron chi connectivity index (χ2n) is 7.63. The minimum Gasteiger partial charge on any atom is -0.485 e. The van der Waals surface area contributed by atoms with E-state index in [4.69, 9.17) is 16.3 Å². The van der Waals surface area contributed by atoms with Crippen LogP contribution in [0.4, 0.5) is 5.69 Å². The summed E-state index contributed by atoms with van der Waals surface area (Å²) >= 11 is 6.28. The number of benzene rings is 2. The van der Waals surface area contributed by atoms with Gasteiger partial charge in [-0.15, -0.1) is 0 Å². The van der Waals surface area contributed by atoms with Crippen LogP contribution in [0.15, 0.2) is 47.4 Å². The molecule has 1 atom stereocenters. The minimum atomic E-state index is -3.34. The highest BCUT2D eigenvalue weighted by Crippen LogP contribution is 2.40. The molecule has 7 heteroatoms. The summed E-state index contributed by atoms with van der Waals surface area (Å²) in [5, 5.41) is 0.166. The highest BCUT2D eigenvalue weighted by molar-refractivity contribution is 7.92. The van der Waals surface area contributed by atoms with Crippen molar-refractivity contribution in [2.45, 2.75) is 55.3 Å². The van der Waals surface area contributed by atoms with E-state index >= 15 is 0 Å². The van der Waals surface area contributed by atoms with E-state index in [-0.39, 0.29) is 22.2 Å². The summed E-state index contributed by atoms with van der Waals surface area (Å²) < 4.78 is 31.5. The fraction of sp³-hybridized carbons (Fsp3) is 0.409. The summed E-state index contributed by atoms with van der Waals surface area (Å²) in [6, 6.07) is 11.6.